The molecule has 0 spiro atoms. The topological polar surface area (TPSA) is 64.6 Å². The Morgan fingerprint density at radius 2 is 1.48 bits per heavy atom. The van der Waals surface area contributed by atoms with Gasteiger partial charge in [-0.3, -0.25) is 4.79 Å². The molecule has 0 radical (unpaired) electrons. The van der Waals surface area contributed by atoms with Gasteiger partial charge in [0.1, 0.15) is 12.4 Å². The summed E-state index contributed by atoms with van der Waals surface area (Å²) in [5.74, 6) is -0.250. The van der Waals surface area contributed by atoms with Gasteiger partial charge in [-0.15, -0.1) is 0 Å². The number of nitrogens with one attached hydrogen (secondary N) is 1. The molecule has 148 valence electrons. The molecule has 1 atom stereocenters. The number of carbonyl (C=O) groups is 2. The zero-order valence-electron chi connectivity index (χ0n) is 16.2. The van der Waals surface area contributed by atoms with Crippen LogP contribution in [0.2, 0.25) is 0 Å². The lowest BCUT2D eigenvalue weighted by molar-refractivity contribution is -0.124. The van der Waals surface area contributed by atoms with Crippen LogP contribution in [0, 0.1) is 0 Å². The number of amides is 1. The Hall–Kier alpha value is -3.60. The predicted octanol–water partition coefficient (Wildman–Crippen LogP) is 4.30. The van der Waals surface area contributed by atoms with Crippen LogP contribution in [0.15, 0.2) is 84.9 Å². The van der Waals surface area contributed by atoms with E-state index in [1.807, 2.05) is 67.6 Å². The average Bonchev–Trinajstić information content (AvgIpc) is 2.77. The van der Waals surface area contributed by atoms with E-state index in [9.17, 15) is 9.59 Å². The van der Waals surface area contributed by atoms with Crippen molar-refractivity contribution in [3.63, 3.8) is 0 Å². The summed E-state index contributed by atoms with van der Waals surface area (Å²) in [6, 6.07) is 25.9. The van der Waals surface area contributed by atoms with Crippen LogP contribution in [0.25, 0.3) is 0 Å². The molecule has 0 saturated heterocycles. The first-order valence-electron chi connectivity index (χ1n) is 9.40. The number of benzene rings is 3. The van der Waals surface area contributed by atoms with E-state index >= 15 is 0 Å². The van der Waals surface area contributed by atoms with Crippen molar-refractivity contribution in [2.45, 2.75) is 19.6 Å². The summed E-state index contributed by atoms with van der Waals surface area (Å²) in [7, 11) is 0. The Labute approximate surface area is 170 Å². The van der Waals surface area contributed by atoms with Gasteiger partial charge in [0, 0.05) is 0 Å². The van der Waals surface area contributed by atoms with E-state index in [1.54, 1.807) is 24.3 Å². The summed E-state index contributed by atoms with van der Waals surface area (Å²) in [6.07, 6.45) is 0. The maximum Gasteiger partial charge on any atom is 0.338 e. The second-order valence-electron chi connectivity index (χ2n) is 6.57. The molecule has 0 aliphatic carbocycles. The summed E-state index contributed by atoms with van der Waals surface area (Å²) >= 11 is 0. The monoisotopic (exact) mass is 389 g/mol. The van der Waals surface area contributed by atoms with Crippen molar-refractivity contribution in [2.75, 3.05) is 6.61 Å². The maximum atomic E-state index is 12.2. The van der Waals surface area contributed by atoms with Gasteiger partial charge in [0.2, 0.25) is 0 Å². The molecule has 0 saturated carbocycles. The first-order chi connectivity index (χ1) is 14.1. The van der Waals surface area contributed by atoms with Crippen LogP contribution < -0.4 is 10.1 Å². The predicted molar refractivity (Wildman–Crippen MR) is 110 cm³/mol. The molecular weight excluding hydrogens is 366 g/mol. The Balaban J connectivity index is 1.44. The van der Waals surface area contributed by atoms with Crippen molar-refractivity contribution in [3.05, 3.63) is 102 Å². The zero-order chi connectivity index (χ0) is 20.5. The SMILES string of the molecule is C[C@@H](NC(=O)COC(=O)c1ccc(OCc2ccccc2)cc1)c1ccccc1. The van der Waals surface area contributed by atoms with Crippen molar-refractivity contribution in [1.82, 2.24) is 5.32 Å². The molecule has 1 amide bonds. The number of esters is 1. The Morgan fingerprint density at radius 3 is 2.14 bits per heavy atom. The molecule has 3 aromatic rings. The van der Waals surface area contributed by atoms with Crippen molar-refractivity contribution < 1.29 is 19.1 Å². The van der Waals surface area contributed by atoms with Gasteiger partial charge in [0.15, 0.2) is 6.61 Å². The second-order valence-corrected chi connectivity index (χ2v) is 6.57. The Morgan fingerprint density at radius 1 is 0.862 bits per heavy atom. The highest BCUT2D eigenvalue weighted by molar-refractivity contribution is 5.91. The van der Waals surface area contributed by atoms with E-state index in [1.165, 1.54) is 0 Å². The van der Waals surface area contributed by atoms with Crippen LogP contribution in [0.5, 0.6) is 5.75 Å². The van der Waals surface area contributed by atoms with E-state index in [2.05, 4.69) is 5.32 Å². The van der Waals surface area contributed by atoms with Gasteiger partial charge < -0.3 is 14.8 Å². The minimum absolute atomic E-state index is 0.163. The van der Waals surface area contributed by atoms with E-state index in [-0.39, 0.29) is 18.6 Å². The third-order valence-electron chi connectivity index (χ3n) is 4.35. The smallest absolute Gasteiger partial charge is 0.338 e. The Kier molecular flexibility index (Phi) is 7.00. The zero-order valence-corrected chi connectivity index (χ0v) is 16.2. The van der Waals surface area contributed by atoms with Gasteiger partial charge in [0.25, 0.3) is 5.91 Å². The molecule has 1 N–H and O–H groups in total. The van der Waals surface area contributed by atoms with Gasteiger partial charge in [-0.2, -0.15) is 0 Å². The summed E-state index contributed by atoms with van der Waals surface area (Å²) in [6.45, 7) is 2.00. The highest BCUT2D eigenvalue weighted by Gasteiger charge is 2.13. The second kappa shape index (κ2) is 10.1. The minimum Gasteiger partial charge on any atom is -0.489 e. The highest BCUT2D eigenvalue weighted by Crippen LogP contribution is 2.15. The van der Waals surface area contributed by atoms with Crippen molar-refractivity contribution in [3.8, 4) is 5.75 Å². The molecule has 3 aromatic carbocycles. The van der Waals surface area contributed by atoms with Crippen molar-refractivity contribution >= 4 is 11.9 Å². The van der Waals surface area contributed by atoms with Gasteiger partial charge in [-0.05, 0) is 42.3 Å². The quantitative estimate of drug-likeness (QED) is 0.584. The molecule has 0 aliphatic heterocycles. The van der Waals surface area contributed by atoms with Crippen LogP contribution in [0.4, 0.5) is 0 Å². The fourth-order valence-corrected chi connectivity index (χ4v) is 2.75. The van der Waals surface area contributed by atoms with Crippen molar-refractivity contribution in [2.24, 2.45) is 0 Å². The first kappa shape index (κ1) is 20.1. The van der Waals surface area contributed by atoms with E-state index < -0.39 is 5.97 Å². The fourth-order valence-electron chi connectivity index (χ4n) is 2.75. The molecule has 0 heterocycles. The Bertz CT molecular complexity index is 924. The van der Waals surface area contributed by atoms with E-state index in [0.29, 0.717) is 17.9 Å². The standard InChI is InChI=1S/C24H23NO4/c1-18(20-10-6-3-7-11-20)25-23(26)17-29-24(27)21-12-14-22(15-13-21)28-16-19-8-4-2-5-9-19/h2-15,18H,16-17H2,1H3,(H,25,26)/t18-/m1/s1. The van der Waals surface area contributed by atoms with Gasteiger partial charge >= 0.3 is 5.97 Å². The van der Waals surface area contributed by atoms with Gasteiger partial charge in [-0.25, -0.2) is 4.79 Å². The lowest BCUT2D eigenvalue weighted by Gasteiger charge is -2.14. The van der Waals surface area contributed by atoms with Crippen LogP contribution in [0.1, 0.15) is 34.5 Å². The third kappa shape index (κ3) is 6.21. The lowest BCUT2D eigenvalue weighted by Crippen LogP contribution is -2.31. The lowest BCUT2D eigenvalue weighted by atomic mass is 10.1. The van der Waals surface area contributed by atoms with Crippen LogP contribution in [-0.2, 0) is 16.1 Å². The summed E-state index contributed by atoms with van der Waals surface area (Å²) in [4.78, 5) is 24.2. The van der Waals surface area contributed by atoms with E-state index in [4.69, 9.17) is 9.47 Å². The molecule has 0 aliphatic rings. The van der Waals surface area contributed by atoms with Gasteiger partial charge in [-0.1, -0.05) is 60.7 Å². The molecule has 5 heteroatoms. The van der Waals surface area contributed by atoms with Crippen molar-refractivity contribution in [1.29, 1.82) is 0 Å². The molecule has 0 aromatic heterocycles. The molecule has 3 rings (SSSR count). The summed E-state index contributed by atoms with van der Waals surface area (Å²) in [5.41, 5.74) is 2.41. The average molecular weight is 389 g/mol. The number of carbonyl (C=O) groups excluding carboxylic acids is 2. The first-order valence-corrected chi connectivity index (χ1v) is 9.40. The maximum absolute atomic E-state index is 12.2. The summed E-state index contributed by atoms with van der Waals surface area (Å²) < 4.78 is 10.8. The number of hydrogen-bond acceptors (Lipinski definition) is 4. The minimum atomic E-state index is -0.554. The van der Waals surface area contributed by atoms with Crippen LogP contribution >= 0.6 is 0 Å². The summed E-state index contributed by atoms with van der Waals surface area (Å²) in [5, 5.41) is 2.81. The number of hydrogen-bond donors (Lipinski definition) is 1. The molecule has 5 nitrogen and oxygen atoms in total. The largest absolute Gasteiger partial charge is 0.489 e. The molecule has 0 bridgehead atoms. The number of rotatable bonds is 8. The van der Waals surface area contributed by atoms with Crippen LogP contribution in [0.3, 0.4) is 0 Å². The highest BCUT2D eigenvalue weighted by atomic mass is 16.5. The molecular formula is C24H23NO4. The normalized spacial score (nSPS) is 11.3. The number of ether oxygens (including phenoxy) is 2. The molecule has 29 heavy (non-hydrogen) atoms. The fraction of sp³-hybridized carbons (Fsp3) is 0.167. The van der Waals surface area contributed by atoms with Crippen LogP contribution in [-0.4, -0.2) is 18.5 Å². The van der Waals surface area contributed by atoms with E-state index in [0.717, 1.165) is 11.1 Å². The molecule has 0 fully saturated rings. The third-order valence-corrected chi connectivity index (χ3v) is 4.35. The molecule has 0 unspecified atom stereocenters. The van der Waals surface area contributed by atoms with Gasteiger partial charge in [0.05, 0.1) is 11.6 Å².